The van der Waals surface area contributed by atoms with Crippen molar-refractivity contribution in [2.24, 2.45) is 0 Å². The van der Waals surface area contributed by atoms with Crippen LogP contribution in [0.5, 0.6) is 0 Å². The number of hydrogen-bond donors (Lipinski definition) is 0. The van der Waals surface area contributed by atoms with E-state index in [1.807, 2.05) is 12.2 Å². The van der Waals surface area contributed by atoms with E-state index < -0.39 is 12.1 Å². The van der Waals surface area contributed by atoms with Crippen LogP contribution in [0, 0.1) is 0 Å². The van der Waals surface area contributed by atoms with Crippen molar-refractivity contribution in [1.82, 2.24) is 0 Å². The van der Waals surface area contributed by atoms with Crippen LogP contribution in [0.4, 0.5) is 0 Å². The number of rotatable bonds is 41. The van der Waals surface area contributed by atoms with E-state index in [1.165, 1.54) is 32.1 Å². The van der Waals surface area contributed by atoms with Gasteiger partial charge in [-0.25, -0.2) is 0 Å². The fourth-order valence-corrected chi connectivity index (χ4v) is 6.01. The third-order valence-corrected chi connectivity index (χ3v) is 9.54. The SMILES string of the molecule is CC/C=C\C/C=C\C/C=C\C/C=C\C/C=C\CCCCCCCC(=O)OCC(COC(=O)CCCCCCCCCC)OC(=O)CC/C=C\C/C=C\C/C=C\C/C=C\CC. The summed E-state index contributed by atoms with van der Waals surface area (Å²) < 4.78 is 16.6. The molecule has 1 unspecified atom stereocenters. The van der Waals surface area contributed by atoms with Gasteiger partial charge in [-0.3, -0.25) is 14.4 Å². The fraction of sp³-hybridized carbons (Fsp3) is 0.611. The summed E-state index contributed by atoms with van der Waals surface area (Å²) in [5, 5.41) is 0. The average molecular weight is 831 g/mol. The molecule has 0 aromatic heterocycles. The molecule has 0 rings (SSSR count). The van der Waals surface area contributed by atoms with E-state index in [-0.39, 0.29) is 31.6 Å². The van der Waals surface area contributed by atoms with Crippen molar-refractivity contribution in [2.45, 2.75) is 200 Å². The maximum atomic E-state index is 12.7. The molecule has 0 amide bonds. The molecular weight excluding hydrogens is 745 g/mol. The molecule has 0 spiro atoms. The zero-order chi connectivity index (χ0) is 43.7. The zero-order valence-corrected chi connectivity index (χ0v) is 38.4. The van der Waals surface area contributed by atoms with Crippen LogP contribution in [-0.2, 0) is 28.6 Å². The molecule has 0 aliphatic heterocycles. The molecule has 0 fully saturated rings. The van der Waals surface area contributed by atoms with E-state index in [0.717, 1.165) is 116 Å². The number of unbranched alkanes of at least 4 members (excludes halogenated alkanes) is 12. The molecule has 0 aromatic carbocycles. The molecule has 0 radical (unpaired) electrons. The summed E-state index contributed by atoms with van der Waals surface area (Å²) in [6.07, 6.45) is 63.8. The Balaban J connectivity index is 4.42. The van der Waals surface area contributed by atoms with Gasteiger partial charge in [-0.15, -0.1) is 0 Å². The maximum Gasteiger partial charge on any atom is 0.306 e. The van der Waals surface area contributed by atoms with Crippen LogP contribution in [0.2, 0.25) is 0 Å². The van der Waals surface area contributed by atoms with Gasteiger partial charge in [-0.1, -0.05) is 194 Å². The van der Waals surface area contributed by atoms with Gasteiger partial charge in [0.15, 0.2) is 6.10 Å². The summed E-state index contributed by atoms with van der Waals surface area (Å²) in [5.41, 5.74) is 0. The summed E-state index contributed by atoms with van der Waals surface area (Å²) in [6.45, 7) is 6.27. The first-order valence-electron chi connectivity index (χ1n) is 23.9. The van der Waals surface area contributed by atoms with Gasteiger partial charge in [-0.05, 0) is 89.9 Å². The topological polar surface area (TPSA) is 78.9 Å². The Kier molecular flexibility index (Phi) is 44.6. The number of esters is 3. The van der Waals surface area contributed by atoms with Crippen LogP contribution in [0.25, 0.3) is 0 Å². The van der Waals surface area contributed by atoms with Gasteiger partial charge in [0.25, 0.3) is 0 Å². The summed E-state index contributed by atoms with van der Waals surface area (Å²) in [7, 11) is 0. The molecular formula is C54H86O6. The molecule has 0 aliphatic rings. The summed E-state index contributed by atoms with van der Waals surface area (Å²) in [6, 6.07) is 0. The molecule has 0 bridgehead atoms. The van der Waals surface area contributed by atoms with E-state index in [2.05, 4.69) is 118 Å². The minimum absolute atomic E-state index is 0.114. The van der Waals surface area contributed by atoms with Gasteiger partial charge in [-0.2, -0.15) is 0 Å². The Labute approximate surface area is 368 Å². The predicted molar refractivity (Wildman–Crippen MR) is 256 cm³/mol. The smallest absolute Gasteiger partial charge is 0.306 e. The molecule has 0 saturated heterocycles. The highest BCUT2D eigenvalue weighted by molar-refractivity contribution is 5.71. The van der Waals surface area contributed by atoms with Crippen LogP contribution in [0.3, 0.4) is 0 Å². The standard InChI is InChI=1S/C54H86O6/c1-4-7-10-13-16-19-21-23-24-25-26-27-28-29-30-32-33-35-38-41-44-47-53(56)59-50-51(49-58-52(55)46-43-40-37-18-15-12-9-6-3)60-54(57)48-45-42-39-36-34-31-22-20-17-14-11-8-5-2/h7-8,10-11,16-17,19-20,23-24,26-27,29-31,34,39,42,51H,4-6,9,12-15,18,21-22,25,28,32-33,35-38,40-41,43-50H2,1-3H3/b10-7-,11-8-,19-16-,20-17-,24-23-,27-26-,30-29-,34-31-,42-39-. The Morgan fingerprint density at radius 3 is 1.08 bits per heavy atom. The highest BCUT2D eigenvalue weighted by Crippen LogP contribution is 2.12. The predicted octanol–water partition coefficient (Wildman–Crippen LogP) is 15.6. The Bertz CT molecular complexity index is 1280. The van der Waals surface area contributed by atoms with Crippen LogP contribution in [0.15, 0.2) is 109 Å². The van der Waals surface area contributed by atoms with Crippen molar-refractivity contribution in [3.63, 3.8) is 0 Å². The zero-order valence-electron chi connectivity index (χ0n) is 38.4. The van der Waals surface area contributed by atoms with Crippen molar-refractivity contribution in [1.29, 1.82) is 0 Å². The minimum atomic E-state index is -0.822. The normalized spacial score (nSPS) is 13.1. The van der Waals surface area contributed by atoms with Gasteiger partial charge in [0.1, 0.15) is 13.2 Å². The van der Waals surface area contributed by atoms with Gasteiger partial charge in [0.05, 0.1) is 0 Å². The summed E-state index contributed by atoms with van der Waals surface area (Å²) >= 11 is 0. The number of ether oxygens (including phenoxy) is 3. The molecule has 0 aliphatic carbocycles. The maximum absolute atomic E-state index is 12.7. The number of allylic oxidation sites excluding steroid dienone is 18. The first kappa shape index (κ1) is 56.1. The monoisotopic (exact) mass is 831 g/mol. The third kappa shape index (κ3) is 45.2. The second-order valence-electron chi connectivity index (χ2n) is 15.3. The van der Waals surface area contributed by atoms with E-state index in [9.17, 15) is 14.4 Å². The third-order valence-electron chi connectivity index (χ3n) is 9.54. The Hall–Kier alpha value is -3.93. The largest absolute Gasteiger partial charge is 0.462 e. The lowest BCUT2D eigenvalue weighted by Gasteiger charge is -2.18. The van der Waals surface area contributed by atoms with Crippen molar-refractivity contribution in [3.8, 4) is 0 Å². The second-order valence-corrected chi connectivity index (χ2v) is 15.3. The second kappa shape index (κ2) is 47.7. The van der Waals surface area contributed by atoms with E-state index in [4.69, 9.17) is 14.2 Å². The number of carbonyl (C=O) groups excluding carboxylic acids is 3. The fourth-order valence-electron chi connectivity index (χ4n) is 6.01. The highest BCUT2D eigenvalue weighted by atomic mass is 16.6. The first-order valence-corrected chi connectivity index (χ1v) is 23.9. The molecule has 0 N–H and O–H groups in total. The van der Waals surface area contributed by atoms with Crippen molar-refractivity contribution in [2.75, 3.05) is 13.2 Å². The molecule has 1 atom stereocenters. The van der Waals surface area contributed by atoms with Gasteiger partial charge in [0, 0.05) is 19.3 Å². The first-order chi connectivity index (χ1) is 29.5. The van der Waals surface area contributed by atoms with Crippen molar-refractivity contribution in [3.05, 3.63) is 109 Å². The summed E-state index contributed by atoms with van der Waals surface area (Å²) in [5.74, 6) is -1.03. The number of carbonyl (C=O) groups is 3. The molecule has 0 heterocycles. The van der Waals surface area contributed by atoms with E-state index in [1.54, 1.807) is 0 Å². The van der Waals surface area contributed by atoms with Crippen LogP contribution < -0.4 is 0 Å². The lowest BCUT2D eigenvalue weighted by atomic mass is 10.1. The van der Waals surface area contributed by atoms with Gasteiger partial charge in [0.2, 0.25) is 0 Å². The quantitative estimate of drug-likeness (QED) is 0.0264. The molecule has 0 aromatic rings. The minimum Gasteiger partial charge on any atom is -0.462 e. The van der Waals surface area contributed by atoms with Gasteiger partial charge < -0.3 is 14.2 Å². The molecule has 6 nitrogen and oxygen atoms in total. The van der Waals surface area contributed by atoms with Crippen molar-refractivity contribution < 1.29 is 28.6 Å². The molecule has 6 heteroatoms. The summed E-state index contributed by atoms with van der Waals surface area (Å²) in [4.78, 5) is 37.7. The number of hydrogen-bond acceptors (Lipinski definition) is 6. The lowest BCUT2D eigenvalue weighted by molar-refractivity contribution is -0.166. The van der Waals surface area contributed by atoms with E-state index in [0.29, 0.717) is 19.3 Å². The highest BCUT2D eigenvalue weighted by Gasteiger charge is 2.19. The van der Waals surface area contributed by atoms with Crippen LogP contribution in [-0.4, -0.2) is 37.2 Å². The van der Waals surface area contributed by atoms with Crippen LogP contribution >= 0.6 is 0 Å². The Morgan fingerprint density at radius 1 is 0.350 bits per heavy atom. The average Bonchev–Trinajstić information content (AvgIpc) is 3.24. The molecule has 338 valence electrons. The molecule has 60 heavy (non-hydrogen) atoms. The lowest BCUT2D eigenvalue weighted by Crippen LogP contribution is -2.30. The van der Waals surface area contributed by atoms with Crippen LogP contribution in [0.1, 0.15) is 194 Å². The Morgan fingerprint density at radius 2 is 0.683 bits per heavy atom. The van der Waals surface area contributed by atoms with Gasteiger partial charge >= 0.3 is 17.9 Å². The van der Waals surface area contributed by atoms with Crippen molar-refractivity contribution >= 4 is 17.9 Å². The van der Waals surface area contributed by atoms with E-state index >= 15 is 0 Å². The molecule has 0 saturated carbocycles.